The SMILES string of the molecule is Cc1cccc(C(=O)O)c1OCc1nnsc1Cl. The highest BCUT2D eigenvalue weighted by molar-refractivity contribution is 7.10. The molecule has 7 heteroatoms. The molecule has 2 rings (SSSR count). The van der Waals surface area contributed by atoms with E-state index in [4.69, 9.17) is 21.4 Å². The summed E-state index contributed by atoms with van der Waals surface area (Å²) in [5.41, 5.74) is 1.37. The first-order valence-electron chi connectivity index (χ1n) is 5.02. The van der Waals surface area contributed by atoms with Crippen LogP contribution in [0.15, 0.2) is 18.2 Å². The number of benzene rings is 1. The molecule has 0 fully saturated rings. The van der Waals surface area contributed by atoms with E-state index in [0.29, 0.717) is 15.8 Å². The molecule has 1 heterocycles. The average Bonchev–Trinajstić information content (AvgIpc) is 2.73. The number of rotatable bonds is 4. The van der Waals surface area contributed by atoms with Crippen LogP contribution in [0.3, 0.4) is 0 Å². The van der Waals surface area contributed by atoms with E-state index in [1.54, 1.807) is 19.1 Å². The Morgan fingerprint density at radius 2 is 2.33 bits per heavy atom. The first-order chi connectivity index (χ1) is 8.59. The van der Waals surface area contributed by atoms with Crippen LogP contribution in [0.1, 0.15) is 21.6 Å². The van der Waals surface area contributed by atoms with Gasteiger partial charge in [-0.25, -0.2) is 4.79 Å². The minimum atomic E-state index is -1.03. The summed E-state index contributed by atoms with van der Waals surface area (Å²) >= 11 is 6.91. The molecule has 0 spiro atoms. The molecule has 0 atom stereocenters. The molecule has 0 saturated carbocycles. The highest BCUT2D eigenvalue weighted by atomic mass is 35.5. The van der Waals surface area contributed by atoms with Crippen LogP contribution in [-0.4, -0.2) is 20.7 Å². The van der Waals surface area contributed by atoms with Crippen LogP contribution >= 0.6 is 23.1 Å². The predicted octanol–water partition coefficient (Wildman–Crippen LogP) is 2.78. The standard InChI is InChI=1S/C11H9ClN2O3S/c1-6-3-2-4-7(11(15)16)9(6)17-5-8-10(12)18-14-13-8/h2-4H,5H2,1H3,(H,15,16). The maximum atomic E-state index is 11.1. The highest BCUT2D eigenvalue weighted by Crippen LogP contribution is 2.26. The highest BCUT2D eigenvalue weighted by Gasteiger charge is 2.14. The zero-order valence-corrected chi connectivity index (χ0v) is 11.0. The molecule has 0 aliphatic heterocycles. The molecule has 0 aliphatic carbocycles. The number of halogens is 1. The maximum absolute atomic E-state index is 11.1. The first kappa shape index (κ1) is 12.8. The van der Waals surface area contributed by atoms with Gasteiger partial charge in [0.25, 0.3) is 0 Å². The van der Waals surface area contributed by atoms with E-state index in [2.05, 4.69) is 9.59 Å². The number of para-hydroxylation sites is 1. The summed E-state index contributed by atoms with van der Waals surface area (Å²) in [5, 5.41) is 12.9. The van der Waals surface area contributed by atoms with Crippen molar-refractivity contribution < 1.29 is 14.6 Å². The third kappa shape index (κ3) is 2.60. The van der Waals surface area contributed by atoms with Crippen molar-refractivity contribution >= 4 is 29.1 Å². The molecule has 94 valence electrons. The van der Waals surface area contributed by atoms with Crippen molar-refractivity contribution in [3.63, 3.8) is 0 Å². The fourth-order valence-electron chi connectivity index (χ4n) is 1.44. The van der Waals surface area contributed by atoms with Crippen molar-refractivity contribution in [3.8, 4) is 5.75 Å². The summed E-state index contributed by atoms with van der Waals surface area (Å²) < 4.78 is 9.62. The van der Waals surface area contributed by atoms with E-state index >= 15 is 0 Å². The Kier molecular flexibility index (Phi) is 3.78. The number of hydrogen-bond donors (Lipinski definition) is 1. The fraction of sp³-hybridized carbons (Fsp3) is 0.182. The van der Waals surface area contributed by atoms with Crippen molar-refractivity contribution in [1.29, 1.82) is 0 Å². The van der Waals surface area contributed by atoms with Gasteiger partial charge in [0, 0.05) is 11.5 Å². The van der Waals surface area contributed by atoms with E-state index in [1.807, 2.05) is 0 Å². The topological polar surface area (TPSA) is 72.3 Å². The second kappa shape index (κ2) is 5.32. The molecular weight excluding hydrogens is 276 g/mol. The lowest BCUT2D eigenvalue weighted by molar-refractivity contribution is 0.0691. The Labute approximate surface area is 112 Å². The van der Waals surface area contributed by atoms with Crippen LogP contribution < -0.4 is 4.74 Å². The zero-order valence-electron chi connectivity index (χ0n) is 9.38. The van der Waals surface area contributed by atoms with Gasteiger partial charge in [-0.2, -0.15) is 0 Å². The molecule has 0 aliphatic rings. The first-order valence-corrected chi connectivity index (χ1v) is 6.17. The second-order valence-electron chi connectivity index (χ2n) is 3.54. The number of aromatic carboxylic acids is 1. The Bertz CT molecular complexity index is 585. The lowest BCUT2D eigenvalue weighted by Gasteiger charge is -2.10. The van der Waals surface area contributed by atoms with Crippen LogP contribution in [-0.2, 0) is 6.61 Å². The number of carbonyl (C=O) groups is 1. The fourth-order valence-corrected chi connectivity index (χ4v) is 2.04. The minimum Gasteiger partial charge on any atom is -0.486 e. The van der Waals surface area contributed by atoms with Gasteiger partial charge in [-0.1, -0.05) is 28.2 Å². The Morgan fingerprint density at radius 1 is 1.56 bits per heavy atom. The van der Waals surface area contributed by atoms with Gasteiger partial charge in [0.15, 0.2) is 0 Å². The average molecular weight is 285 g/mol. The molecule has 0 bridgehead atoms. The van der Waals surface area contributed by atoms with Crippen molar-refractivity contribution in [2.75, 3.05) is 0 Å². The summed E-state index contributed by atoms with van der Waals surface area (Å²) in [6.07, 6.45) is 0. The monoisotopic (exact) mass is 284 g/mol. The zero-order chi connectivity index (χ0) is 13.1. The van der Waals surface area contributed by atoms with Gasteiger partial charge >= 0.3 is 5.97 Å². The van der Waals surface area contributed by atoms with E-state index in [-0.39, 0.29) is 12.2 Å². The van der Waals surface area contributed by atoms with Crippen LogP contribution in [0.25, 0.3) is 0 Å². The predicted molar refractivity (Wildman–Crippen MR) is 67.4 cm³/mol. The molecule has 0 amide bonds. The number of carboxylic acid groups (broad SMARTS) is 1. The number of hydrogen-bond acceptors (Lipinski definition) is 5. The number of aryl methyl sites for hydroxylation is 1. The molecule has 1 N–H and O–H groups in total. The normalized spacial score (nSPS) is 10.3. The lowest BCUT2D eigenvalue weighted by Crippen LogP contribution is -2.05. The van der Waals surface area contributed by atoms with Crippen molar-refractivity contribution in [1.82, 2.24) is 9.59 Å². The van der Waals surface area contributed by atoms with E-state index < -0.39 is 5.97 Å². The quantitative estimate of drug-likeness (QED) is 0.934. The summed E-state index contributed by atoms with van der Waals surface area (Å²) in [7, 11) is 0. The number of aromatic nitrogens is 2. The van der Waals surface area contributed by atoms with Crippen LogP contribution in [0.4, 0.5) is 0 Å². The summed E-state index contributed by atoms with van der Waals surface area (Å²) in [5.74, 6) is -0.703. The van der Waals surface area contributed by atoms with Gasteiger partial charge in [-0.05, 0) is 18.6 Å². The Morgan fingerprint density at radius 3 is 2.94 bits per heavy atom. The Hall–Kier alpha value is -1.66. The maximum Gasteiger partial charge on any atom is 0.339 e. The summed E-state index contributed by atoms with van der Waals surface area (Å²) in [6.45, 7) is 1.88. The summed E-state index contributed by atoms with van der Waals surface area (Å²) in [4.78, 5) is 11.1. The second-order valence-corrected chi connectivity index (χ2v) is 4.89. The van der Waals surface area contributed by atoms with Gasteiger partial charge in [0.05, 0.1) is 0 Å². The minimum absolute atomic E-state index is 0.0977. The van der Waals surface area contributed by atoms with E-state index in [9.17, 15) is 4.79 Å². The van der Waals surface area contributed by atoms with Crippen molar-refractivity contribution in [2.24, 2.45) is 0 Å². The van der Waals surface area contributed by atoms with Gasteiger partial charge in [0.2, 0.25) is 0 Å². The number of ether oxygens (including phenoxy) is 1. The molecule has 0 unspecified atom stereocenters. The van der Waals surface area contributed by atoms with Gasteiger partial charge < -0.3 is 9.84 Å². The molecule has 2 aromatic rings. The molecule has 0 saturated heterocycles. The van der Waals surface area contributed by atoms with Crippen LogP contribution in [0, 0.1) is 6.92 Å². The van der Waals surface area contributed by atoms with Crippen LogP contribution in [0.5, 0.6) is 5.75 Å². The van der Waals surface area contributed by atoms with Gasteiger partial charge in [-0.3, -0.25) is 0 Å². The Balaban J connectivity index is 2.24. The van der Waals surface area contributed by atoms with E-state index in [0.717, 1.165) is 17.1 Å². The van der Waals surface area contributed by atoms with E-state index in [1.165, 1.54) is 6.07 Å². The summed E-state index contributed by atoms with van der Waals surface area (Å²) in [6, 6.07) is 4.94. The molecule has 18 heavy (non-hydrogen) atoms. The molecule has 5 nitrogen and oxygen atoms in total. The van der Waals surface area contributed by atoms with Crippen LogP contribution in [0.2, 0.25) is 4.34 Å². The number of nitrogens with zero attached hydrogens (tertiary/aromatic N) is 2. The number of carboxylic acids is 1. The van der Waals surface area contributed by atoms with Gasteiger partial charge in [0.1, 0.15) is 28.0 Å². The molecule has 1 aromatic heterocycles. The third-order valence-corrected chi connectivity index (χ3v) is 3.29. The third-order valence-electron chi connectivity index (χ3n) is 2.30. The molecular formula is C11H9ClN2O3S. The van der Waals surface area contributed by atoms with Crippen molar-refractivity contribution in [3.05, 3.63) is 39.4 Å². The molecule has 0 radical (unpaired) electrons. The lowest BCUT2D eigenvalue weighted by atomic mass is 10.1. The van der Waals surface area contributed by atoms with Crippen molar-refractivity contribution in [2.45, 2.75) is 13.5 Å². The molecule has 1 aromatic carbocycles. The smallest absolute Gasteiger partial charge is 0.339 e. The van der Waals surface area contributed by atoms with Gasteiger partial charge in [-0.15, -0.1) is 5.10 Å². The largest absolute Gasteiger partial charge is 0.486 e.